The molecule has 0 saturated heterocycles. The summed E-state index contributed by atoms with van der Waals surface area (Å²) >= 11 is 1.75. The number of thiazole rings is 1. The fourth-order valence-electron chi connectivity index (χ4n) is 5.81. The van der Waals surface area contributed by atoms with Crippen LogP contribution in [0.4, 0.5) is 0 Å². The summed E-state index contributed by atoms with van der Waals surface area (Å²) in [7, 11) is 0. The van der Waals surface area contributed by atoms with Crippen molar-refractivity contribution in [2.45, 2.75) is 94.3 Å². The van der Waals surface area contributed by atoms with E-state index in [1.165, 1.54) is 23.4 Å². The van der Waals surface area contributed by atoms with E-state index in [1.807, 2.05) is 33.0 Å². The average molecular weight is 877 g/mol. The van der Waals surface area contributed by atoms with Gasteiger partial charge in [0.1, 0.15) is 11.1 Å². The van der Waals surface area contributed by atoms with Crippen molar-refractivity contribution in [3.63, 3.8) is 0 Å². The predicted octanol–water partition coefficient (Wildman–Crippen LogP) is 12.7. The first-order valence-electron chi connectivity index (χ1n) is 19.6. The molecule has 7 rings (SSSR count). The predicted molar refractivity (Wildman–Crippen MR) is 212 cm³/mol. The van der Waals surface area contributed by atoms with Gasteiger partial charge in [-0.05, 0) is 59.1 Å². The zero-order valence-corrected chi connectivity index (χ0v) is 34.3. The van der Waals surface area contributed by atoms with Crippen LogP contribution in [0, 0.1) is 36.7 Å². The quantitative estimate of drug-likeness (QED) is 0.165. The van der Waals surface area contributed by atoms with Crippen LogP contribution in [-0.2, 0) is 38.3 Å². The Balaban J connectivity index is 0.000000223. The van der Waals surface area contributed by atoms with Gasteiger partial charge in [0.25, 0.3) is 0 Å². The van der Waals surface area contributed by atoms with Crippen molar-refractivity contribution < 1.29 is 31.4 Å². The zero-order chi connectivity index (χ0) is 40.3. The van der Waals surface area contributed by atoms with E-state index in [0.29, 0.717) is 16.8 Å². The third-order valence-electron chi connectivity index (χ3n) is 8.16. The Kier molecular flexibility index (Phi) is 9.24. The van der Waals surface area contributed by atoms with E-state index in [9.17, 15) is 0 Å². The Morgan fingerprint density at radius 1 is 0.824 bits per heavy atom. The number of aryl methyl sites for hydroxylation is 2. The van der Waals surface area contributed by atoms with Gasteiger partial charge in [0.05, 0.1) is 15.3 Å². The minimum Gasteiger partial charge on any atom is -0.498 e. The van der Waals surface area contributed by atoms with Gasteiger partial charge >= 0.3 is 0 Å². The summed E-state index contributed by atoms with van der Waals surface area (Å²) in [6, 6.07) is 25.0. The zero-order valence-electron chi connectivity index (χ0n) is 36.1. The van der Waals surface area contributed by atoms with Gasteiger partial charge in [-0.15, -0.1) is 64.9 Å². The molecule has 7 aromatic rings. The minimum absolute atomic E-state index is 0. The van der Waals surface area contributed by atoms with E-state index < -0.39 is 18.6 Å². The summed E-state index contributed by atoms with van der Waals surface area (Å²) < 4.78 is 46.3. The van der Waals surface area contributed by atoms with E-state index in [-0.39, 0.29) is 36.5 Å². The van der Waals surface area contributed by atoms with E-state index in [4.69, 9.17) is 21.2 Å². The first-order valence-corrected chi connectivity index (χ1v) is 17.9. The topological polar surface area (TPSA) is 51.8 Å². The Bertz CT molecular complexity index is 2480. The number of hydrogen-bond acceptors (Lipinski definition) is 5. The maximum atomic E-state index is 8.25. The number of nitrogens with zero attached hydrogens (tertiary/aromatic N) is 3. The molecule has 0 atom stereocenters. The summed E-state index contributed by atoms with van der Waals surface area (Å²) in [5.41, 5.74) is 8.75. The van der Waals surface area contributed by atoms with Gasteiger partial charge in [0, 0.05) is 50.2 Å². The third kappa shape index (κ3) is 9.03. The summed E-state index contributed by atoms with van der Waals surface area (Å²) in [6.07, 6.45) is 3.01. The van der Waals surface area contributed by atoms with Crippen LogP contribution in [0.15, 0.2) is 77.5 Å². The maximum absolute atomic E-state index is 8.25. The molecule has 0 aliphatic rings. The Labute approximate surface area is 328 Å². The molecule has 0 aliphatic carbocycles. The summed E-state index contributed by atoms with van der Waals surface area (Å²) in [6.45, 7) is 18.9. The molecule has 0 amide bonds. The van der Waals surface area contributed by atoms with Crippen molar-refractivity contribution in [3.05, 3.63) is 112 Å². The second kappa shape index (κ2) is 14.7. The summed E-state index contributed by atoms with van der Waals surface area (Å²) in [5.74, 6) is 0. The molecule has 0 bridgehead atoms. The number of fused-ring (bicyclic) bond motifs is 5. The molecule has 0 aliphatic heterocycles. The van der Waals surface area contributed by atoms with Crippen molar-refractivity contribution >= 4 is 43.5 Å². The molecule has 0 spiro atoms. The van der Waals surface area contributed by atoms with Crippen LogP contribution in [0.25, 0.3) is 54.7 Å². The molecule has 0 N–H and O–H groups in total. The number of rotatable bonds is 4. The van der Waals surface area contributed by atoms with Gasteiger partial charge < -0.3 is 14.4 Å². The smallest absolute Gasteiger partial charge is 0.148 e. The van der Waals surface area contributed by atoms with Crippen LogP contribution < -0.4 is 0 Å². The van der Waals surface area contributed by atoms with Gasteiger partial charge in [-0.25, -0.2) is 4.98 Å². The maximum Gasteiger partial charge on any atom is 0.148 e. The fourth-order valence-corrected chi connectivity index (χ4v) is 6.83. The van der Waals surface area contributed by atoms with Crippen molar-refractivity contribution in [3.8, 4) is 22.5 Å². The van der Waals surface area contributed by atoms with Gasteiger partial charge in [0.2, 0.25) is 0 Å². The minimum atomic E-state index is -2.14. The Hall–Kier alpha value is -3.70. The van der Waals surface area contributed by atoms with Crippen LogP contribution in [0.5, 0.6) is 0 Å². The number of pyridine rings is 2. The van der Waals surface area contributed by atoms with Crippen LogP contribution in [0.3, 0.4) is 0 Å². The molecular formula is C45H49IrN3OS-2. The van der Waals surface area contributed by atoms with Gasteiger partial charge in [-0.3, -0.25) is 0 Å². The van der Waals surface area contributed by atoms with E-state index in [0.717, 1.165) is 54.8 Å². The van der Waals surface area contributed by atoms with Crippen LogP contribution in [0.2, 0.25) is 0 Å². The molecule has 4 aromatic heterocycles. The number of hydrogen-bond donors (Lipinski definition) is 0. The molecule has 0 saturated carbocycles. The number of furan rings is 1. The average Bonchev–Trinajstić information content (AvgIpc) is 3.71. The van der Waals surface area contributed by atoms with Gasteiger partial charge in [-0.1, -0.05) is 110 Å². The van der Waals surface area contributed by atoms with Crippen LogP contribution >= 0.6 is 11.3 Å². The van der Waals surface area contributed by atoms with E-state index in [1.54, 1.807) is 35.6 Å². The van der Waals surface area contributed by atoms with Crippen molar-refractivity contribution in [2.24, 2.45) is 10.8 Å². The Morgan fingerprint density at radius 3 is 2.20 bits per heavy atom. The van der Waals surface area contributed by atoms with E-state index >= 15 is 0 Å². The van der Waals surface area contributed by atoms with E-state index in [2.05, 4.69) is 89.8 Å². The second-order valence-corrected chi connectivity index (χ2v) is 17.3. The number of aromatic nitrogens is 3. The van der Waals surface area contributed by atoms with Gasteiger partial charge in [0.15, 0.2) is 0 Å². The molecule has 1 radical (unpaired) electrons. The summed E-state index contributed by atoms with van der Waals surface area (Å²) in [5, 5.41) is 3.30. The third-order valence-corrected chi connectivity index (χ3v) is 9.61. The van der Waals surface area contributed by atoms with Gasteiger partial charge in [-0.2, -0.15) is 0 Å². The fraction of sp³-hybridized carbons (Fsp3) is 0.356. The Morgan fingerprint density at radius 2 is 1.57 bits per heavy atom. The van der Waals surface area contributed by atoms with Crippen molar-refractivity contribution in [1.82, 2.24) is 15.0 Å². The molecule has 4 nitrogen and oxygen atoms in total. The SMILES string of the molecule is Cc1cnc(-c2[c-]ccc3c2oc2c3ccc3sc(C(C)(C)C)nc32)cc1CC(C)(C)C.[2H]C([2H])([2H])c1c[c-]c(-c2ccc(C([2H])([2H])C(C)(C)C)cn2)cc1.[Ir]. The molecule has 267 valence electrons. The molecule has 4 heterocycles. The monoisotopic (exact) mass is 877 g/mol. The largest absolute Gasteiger partial charge is 0.498 e. The molecule has 51 heavy (non-hydrogen) atoms. The van der Waals surface area contributed by atoms with Crippen LogP contribution in [0.1, 0.15) is 96.4 Å². The molecular weight excluding hydrogens is 823 g/mol. The van der Waals surface area contributed by atoms with Crippen molar-refractivity contribution in [2.75, 3.05) is 0 Å². The molecule has 6 heteroatoms. The van der Waals surface area contributed by atoms with Crippen molar-refractivity contribution in [1.29, 1.82) is 0 Å². The summed E-state index contributed by atoms with van der Waals surface area (Å²) in [4.78, 5) is 14.0. The first-order chi connectivity index (χ1) is 25.4. The molecule has 0 unspecified atom stereocenters. The standard InChI is InChI=1S/C28H29N2OS.C17H20N.Ir/c1-16-15-29-21(13-17(16)14-27(2,3)4)20-10-8-9-18-19-11-12-22-23(25(19)31-24(18)20)30-26(32-22)28(5,6)7;1-13-5-8-15(9-6-13)16-10-7-14(12-18-16)11-17(2,3)4;/h8-9,11-13,15H,14H2,1-7H3;5-8,10,12H,11H2,1-4H3;/q2*-1;/i;1D3,11D2;. The molecule has 3 aromatic carbocycles. The molecule has 0 fully saturated rings. The second-order valence-electron chi connectivity index (χ2n) is 16.3. The normalized spacial score (nSPS) is 14.2. The first kappa shape index (κ1) is 32.0. The number of benzene rings is 3. The van der Waals surface area contributed by atoms with Crippen LogP contribution in [-0.4, -0.2) is 15.0 Å².